The van der Waals surface area contributed by atoms with Gasteiger partial charge in [0.2, 0.25) is 0 Å². The molecule has 0 heterocycles. The van der Waals surface area contributed by atoms with Crippen molar-refractivity contribution < 1.29 is 28.9 Å². The Bertz CT molecular complexity index is 1460. The molecule has 0 aromatic heterocycles. The summed E-state index contributed by atoms with van der Waals surface area (Å²) in [6.07, 6.45) is 4.49. The monoisotopic (exact) mass is 689 g/mol. The summed E-state index contributed by atoms with van der Waals surface area (Å²) < 4.78 is 18.6. The molecule has 0 spiro atoms. The SMILES string of the molecule is CO[C@H]1CC2CCC1(CN(Cc1ccccc1)[C@@H]1CCC[C@H]([C@H](C(=O)OC(C)(C)C)[C@H](O)c3ccc(C)cc3)[C@H]1C(=O)OC(C)(C)C)C2(C)C. The molecule has 8 atom stereocenters. The van der Waals surface area contributed by atoms with E-state index < -0.39 is 41.0 Å². The van der Waals surface area contributed by atoms with Crippen LogP contribution in [-0.4, -0.2) is 58.9 Å². The number of aliphatic hydroxyl groups is 1. The van der Waals surface area contributed by atoms with Crippen molar-refractivity contribution in [3.63, 3.8) is 0 Å². The van der Waals surface area contributed by atoms with Gasteiger partial charge >= 0.3 is 11.9 Å². The van der Waals surface area contributed by atoms with Crippen LogP contribution in [0.2, 0.25) is 0 Å². The Morgan fingerprint density at radius 1 is 0.920 bits per heavy atom. The minimum Gasteiger partial charge on any atom is -0.460 e. The fraction of sp³-hybridized carbons (Fsp3) is 0.674. The number of carbonyl (C=O) groups is 2. The first-order valence-electron chi connectivity index (χ1n) is 18.9. The molecule has 0 radical (unpaired) electrons. The first-order valence-corrected chi connectivity index (χ1v) is 18.9. The highest BCUT2D eigenvalue weighted by Gasteiger charge is 2.65. The summed E-state index contributed by atoms with van der Waals surface area (Å²) in [6.45, 7) is 19.5. The predicted molar refractivity (Wildman–Crippen MR) is 197 cm³/mol. The molecule has 0 aliphatic heterocycles. The zero-order valence-electron chi connectivity index (χ0n) is 32.3. The van der Waals surface area contributed by atoms with Gasteiger partial charge in [-0.15, -0.1) is 0 Å². The minimum atomic E-state index is -1.15. The Morgan fingerprint density at radius 3 is 2.14 bits per heavy atom. The number of ether oxygens (including phenoxy) is 3. The molecule has 7 nitrogen and oxygen atoms in total. The van der Waals surface area contributed by atoms with Crippen molar-refractivity contribution in [2.45, 2.75) is 137 Å². The van der Waals surface area contributed by atoms with Gasteiger partial charge in [-0.25, -0.2) is 0 Å². The van der Waals surface area contributed by atoms with Crippen LogP contribution in [-0.2, 0) is 30.3 Å². The number of carbonyl (C=O) groups excluding carboxylic acids is 2. The van der Waals surface area contributed by atoms with E-state index in [1.54, 1.807) is 0 Å². The van der Waals surface area contributed by atoms with Crippen molar-refractivity contribution in [1.29, 1.82) is 0 Å². The number of benzene rings is 2. The third kappa shape index (κ3) is 8.00. The van der Waals surface area contributed by atoms with Crippen LogP contribution in [0.4, 0.5) is 0 Å². The largest absolute Gasteiger partial charge is 0.460 e. The third-order valence-electron chi connectivity index (χ3n) is 12.3. The Morgan fingerprint density at radius 2 is 1.56 bits per heavy atom. The summed E-state index contributed by atoms with van der Waals surface area (Å²) in [6, 6.07) is 17.9. The van der Waals surface area contributed by atoms with Crippen LogP contribution in [0.5, 0.6) is 0 Å². The van der Waals surface area contributed by atoms with E-state index in [2.05, 4.69) is 43.0 Å². The van der Waals surface area contributed by atoms with E-state index >= 15 is 0 Å². The molecular formula is C43H63NO6. The lowest BCUT2D eigenvalue weighted by molar-refractivity contribution is -0.179. The number of esters is 2. The molecular weight excluding hydrogens is 626 g/mol. The highest BCUT2D eigenvalue weighted by atomic mass is 16.6. The second-order valence-corrected chi connectivity index (χ2v) is 18.1. The summed E-state index contributed by atoms with van der Waals surface area (Å²) >= 11 is 0. The van der Waals surface area contributed by atoms with Gasteiger partial charge in [0.1, 0.15) is 11.2 Å². The topological polar surface area (TPSA) is 85.3 Å². The Labute approximate surface area is 301 Å². The molecule has 2 unspecified atom stereocenters. The van der Waals surface area contributed by atoms with Crippen LogP contribution in [0.1, 0.15) is 117 Å². The lowest BCUT2D eigenvalue weighted by atomic mass is 9.65. The van der Waals surface area contributed by atoms with Crippen molar-refractivity contribution in [2.24, 2.45) is 34.5 Å². The Balaban J connectivity index is 1.63. The van der Waals surface area contributed by atoms with Gasteiger partial charge in [-0.05, 0) is 109 Å². The molecule has 2 bridgehead atoms. The van der Waals surface area contributed by atoms with Crippen LogP contribution in [0.25, 0.3) is 0 Å². The number of aryl methyl sites for hydroxylation is 1. The maximum Gasteiger partial charge on any atom is 0.312 e. The fourth-order valence-corrected chi connectivity index (χ4v) is 9.77. The number of rotatable bonds is 11. The number of nitrogens with zero attached hydrogens (tertiary/aromatic N) is 1. The number of aliphatic hydroxyl groups excluding tert-OH is 1. The molecule has 0 saturated heterocycles. The standard InChI is InChI=1S/C43H63NO6/c1-28-19-21-30(22-20-28)37(45)36(39(47)50-41(5,6)7)32-17-14-18-33(35(32)38(46)49-40(2,3)4)44(26-29-15-12-11-13-16-29)27-43-24-23-31(42(43,8)9)25-34(43)48-10/h11-13,15-16,19-22,31-37,45H,14,17-18,23-27H2,1-10H3/t31?,32-,33+,34-,35+,36-,37+,43?/m0/s1. The molecule has 1 N–H and O–H groups in total. The van der Waals surface area contributed by atoms with E-state index in [9.17, 15) is 14.7 Å². The highest BCUT2D eigenvalue weighted by Crippen LogP contribution is 2.67. The second-order valence-electron chi connectivity index (χ2n) is 18.1. The maximum absolute atomic E-state index is 14.7. The molecule has 276 valence electrons. The van der Waals surface area contributed by atoms with Crippen molar-refractivity contribution in [2.75, 3.05) is 13.7 Å². The van der Waals surface area contributed by atoms with Crippen molar-refractivity contribution in [3.8, 4) is 0 Å². The Hall–Kier alpha value is -2.74. The molecule has 50 heavy (non-hydrogen) atoms. The summed E-state index contributed by atoms with van der Waals surface area (Å²) in [5.41, 5.74) is 1.38. The molecule has 0 amide bonds. The van der Waals surface area contributed by atoms with E-state index in [0.29, 0.717) is 24.4 Å². The van der Waals surface area contributed by atoms with Gasteiger partial charge in [0.05, 0.1) is 24.0 Å². The van der Waals surface area contributed by atoms with E-state index in [1.165, 1.54) is 12.0 Å². The highest BCUT2D eigenvalue weighted by molar-refractivity contribution is 5.78. The quantitative estimate of drug-likeness (QED) is 0.237. The Kier molecular flexibility index (Phi) is 11.3. The third-order valence-corrected chi connectivity index (χ3v) is 12.3. The molecule has 2 aromatic carbocycles. The van der Waals surface area contributed by atoms with E-state index in [1.807, 2.05) is 85.9 Å². The van der Waals surface area contributed by atoms with Gasteiger partial charge < -0.3 is 19.3 Å². The molecule has 3 fully saturated rings. The lowest BCUT2D eigenvalue weighted by Crippen LogP contribution is -2.57. The smallest absolute Gasteiger partial charge is 0.312 e. The molecule has 3 aliphatic carbocycles. The second kappa shape index (κ2) is 14.7. The number of hydrogen-bond acceptors (Lipinski definition) is 7. The minimum absolute atomic E-state index is 0.0682. The molecule has 7 heteroatoms. The van der Waals surface area contributed by atoms with Gasteiger partial charge in [0.25, 0.3) is 0 Å². The van der Waals surface area contributed by atoms with E-state index in [4.69, 9.17) is 14.2 Å². The number of hydrogen-bond donors (Lipinski definition) is 1. The van der Waals surface area contributed by atoms with E-state index in [0.717, 1.165) is 37.8 Å². The normalized spacial score (nSPS) is 29.1. The first kappa shape index (κ1) is 38.5. The average molecular weight is 690 g/mol. The summed E-state index contributed by atoms with van der Waals surface area (Å²) in [5, 5.41) is 12.1. The lowest BCUT2D eigenvalue weighted by Gasteiger charge is -2.51. The number of fused-ring (bicyclic) bond motifs is 2. The van der Waals surface area contributed by atoms with Crippen molar-refractivity contribution >= 4 is 11.9 Å². The zero-order chi connectivity index (χ0) is 36.6. The van der Waals surface area contributed by atoms with E-state index in [-0.39, 0.29) is 28.9 Å². The van der Waals surface area contributed by atoms with Crippen LogP contribution in [0.3, 0.4) is 0 Å². The van der Waals surface area contributed by atoms with Crippen LogP contribution in [0.15, 0.2) is 54.6 Å². The fourth-order valence-electron chi connectivity index (χ4n) is 9.77. The molecule has 2 aromatic rings. The van der Waals surface area contributed by atoms with Crippen molar-refractivity contribution in [3.05, 3.63) is 71.3 Å². The van der Waals surface area contributed by atoms with Gasteiger partial charge in [-0.2, -0.15) is 0 Å². The first-order chi connectivity index (χ1) is 23.4. The predicted octanol–water partition coefficient (Wildman–Crippen LogP) is 8.46. The molecule has 3 saturated carbocycles. The van der Waals surface area contributed by atoms with Gasteiger partial charge in [0, 0.05) is 31.7 Å². The van der Waals surface area contributed by atoms with Gasteiger partial charge in [-0.3, -0.25) is 14.5 Å². The summed E-state index contributed by atoms with van der Waals surface area (Å²) in [5.74, 6) is -2.33. The summed E-state index contributed by atoms with van der Waals surface area (Å²) in [7, 11) is 1.85. The maximum atomic E-state index is 14.7. The van der Waals surface area contributed by atoms with Crippen LogP contribution in [0, 0.1) is 41.4 Å². The molecule has 3 aliphatic rings. The summed E-state index contributed by atoms with van der Waals surface area (Å²) in [4.78, 5) is 31.6. The van der Waals surface area contributed by atoms with Gasteiger partial charge in [0.15, 0.2) is 0 Å². The molecule has 5 rings (SSSR count). The average Bonchev–Trinajstić information content (AvgIpc) is 3.39. The number of methoxy groups -OCH3 is 1. The van der Waals surface area contributed by atoms with Gasteiger partial charge in [-0.1, -0.05) is 80.4 Å². The zero-order valence-corrected chi connectivity index (χ0v) is 32.3. The van der Waals surface area contributed by atoms with Crippen molar-refractivity contribution in [1.82, 2.24) is 4.90 Å². The van der Waals surface area contributed by atoms with Crippen LogP contribution < -0.4 is 0 Å². The van der Waals surface area contributed by atoms with Crippen LogP contribution >= 0.6 is 0 Å².